The zero-order valence-electron chi connectivity index (χ0n) is 15.0. The van der Waals surface area contributed by atoms with E-state index in [4.69, 9.17) is 11.6 Å². The third-order valence-electron chi connectivity index (χ3n) is 4.31. The van der Waals surface area contributed by atoms with Crippen LogP contribution in [0.1, 0.15) is 20.8 Å². The van der Waals surface area contributed by atoms with Gasteiger partial charge in [-0.3, -0.25) is 9.48 Å². The maximum atomic E-state index is 13.3. The number of carbonyl (C=O) groups excluding carboxylic acids is 1. The van der Waals surface area contributed by atoms with E-state index in [-0.39, 0.29) is 5.91 Å². The Morgan fingerprint density at radius 2 is 1.75 bits per heavy atom. The van der Waals surface area contributed by atoms with Crippen LogP contribution in [-0.4, -0.2) is 15.7 Å². The van der Waals surface area contributed by atoms with Crippen LogP contribution in [-0.2, 0) is 13.1 Å². The van der Waals surface area contributed by atoms with E-state index in [1.54, 1.807) is 17.1 Å². The second-order valence-corrected chi connectivity index (χ2v) is 7.74. The van der Waals surface area contributed by atoms with Gasteiger partial charge in [0.05, 0.1) is 29.2 Å². The van der Waals surface area contributed by atoms with Crippen molar-refractivity contribution < 1.29 is 4.79 Å². The fraction of sp³-hybridized carbons (Fsp3) is 0.0909. The van der Waals surface area contributed by atoms with Crippen molar-refractivity contribution in [3.05, 3.63) is 106 Å². The van der Waals surface area contributed by atoms with Gasteiger partial charge in [-0.1, -0.05) is 60.1 Å². The number of nitrogens with zero attached hydrogens (tertiary/aromatic N) is 3. The molecular formula is C22H18ClN3OS. The van der Waals surface area contributed by atoms with Gasteiger partial charge in [0.1, 0.15) is 0 Å². The van der Waals surface area contributed by atoms with Crippen LogP contribution in [0.4, 0.5) is 5.69 Å². The highest BCUT2D eigenvalue weighted by Gasteiger charge is 2.20. The summed E-state index contributed by atoms with van der Waals surface area (Å²) in [5, 5.41) is 6.79. The van der Waals surface area contributed by atoms with E-state index in [0.717, 1.165) is 16.8 Å². The Balaban J connectivity index is 1.58. The molecule has 1 amide bonds. The summed E-state index contributed by atoms with van der Waals surface area (Å²) >= 11 is 7.38. The highest BCUT2D eigenvalue weighted by atomic mass is 35.5. The van der Waals surface area contributed by atoms with E-state index in [2.05, 4.69) is 5.10 Å². The Hall–Kier alpha value is -2.89. The number of aromatic nitrogens is 2. The molecule has 0 aliphatic heterocycles. The standard InChI is InChI=1S/C22H18ClN3OS/c23-19-12-24-25(15-19)13-18-11-21(28-16-18)22(27)26(20-9-5-2-6-10-20)14-17-7-3-1-4-8-17/h1-12,15-16H,13-14H2. The molecule has 0 spiro atoms. The van der Waals surface area contributed by atoms with E-state index in [9.17, 15) is 4.79 Å². The number of benzene rings is 2. The van der Waals surface area contributed by atoms with Crippen LogP contribution in [0.3, 0.4) is 0 Å². The molecule has 2 aromatic heterocycles. The summed E-state index contributed by atoms with van der Waals surface area (Å²) in [7, 11) is 0. The van der Waals surface area contributed by atoms with E-state index in [1.165, 1.54) is 11.3 Å². The molecule has 4 nitrogen and oxygen atoms in total. The zero-order valence-corrected chi connectivity index (χ0v) is 16.6. The number of halogens is 1. The fourth-order valence-electron chi connectivity index (χ4n) is 2.97. The first kappa shape index (κ1) is 18.5. The topological polar surface area (TPSA) is 38.1 Å². The van der Waals surface area contributed by atoms with Crippen molar-refractivity contribution in [1.82, 2.24) is 9.78 Å². The van der Waals surface area contributed by atoms with Crippen LogP contribution in [0.5, 0.6) is 0 Å². The molecule has 140 valence electrons. The summed E-state index contributed by atoms with van der Waals surface area (Å²) in [6.07, 6.45) is 3.38. The Labute approximate surface area is 172 Å². The lowest BCUT2D eigenvalue weighted by Gasteiger charge is -2.22. The molecule has 0 fully saturated rings. The first-order valence-electron chi connectivity index (χ1n) is 8.85. The van der Waals surface area contributed by atoms with Crippen molar-refractivity contribution in [2.45, 2.75) is 13.1 Å². The molecular weight excluding hydrogens is 390 g/mol. The minimum atomic E-state index is -0.00944. The van der Waals surface area contributed by atoms with Crippen molar-refractivity contribution >= 4 is 34.5 Å². The Morgan fingerprint density at radius 1 is 1.04 bits per heavy atom. The number of amides is 1. The molecule has 0 saturated carbocycles. The van der Waals surface area contributed by atoms with Gasteiger partial charge in [0, 0.05) is 11.9 Å². The highest BCUT2D eigenvalue weighted by molar-refractivity contribution is 7.12. The lowest BCUT2D eigenvalue weighted by atomic mass is 10.2. The van der Waals surface area contributed by atoms with E-state index >= 15 is 0 Å². The molecule has 4 aromatic rings. The molecule has 0 bridgehead atoms. The average Bonchev–Trinajstić information content (AvgIpc) is 3.36. The molecule has 0 aliphatic carbocycles. The molecule has 0 atom stereocenters. The number of anilines is 1. The van der Waals surface area contributed by atoms with Gasteiger partial charge in [-0.25, -0.2) is 0 Å². The summed E-state index contributed by atoms with van der Waals surface area (Å²) in [5.74, 6) is -0.00944. The lowest BCUT2D eigenvalue weighted by Crippen LogP contribution is -2.29. The normalized spacial score (nSPS) is 10.8. The van der Waals surface area contributed by atoms with Crippen molar-refractivity contribution in [1.29, 1.82) is 0 Å². The summed E-state index contributed by atoms with van der Waals surface area (Å²) in [6, 6.07) is 21.7. The summed E-state index contributed by atoms with van der Waals surface area (Å²) < 4.78 is 1.76. The van der Waals surface area contributed by atoms with Crippen LogP contribution < -0.4 is 4.90 Å². The Bertz CT molecular complexity index is 1060. The minimum absolute atomic E-state index is 0.00944. The second-order valence-electron chi connectivity index (χ2n) is 6.39. The van der Waals surface area contributed by atoms with Crippen molar-refractivity contribution in [2.24, 2.45) is 0 Å². The van der Waals surface area contributed by atoms with Gasteiger partial charge >= 0.3 is 0 Å². The van der Waals surface area contributed by atoms with Crippen molar-refractivity contribution in [2.75, 3.05) is 4.90 Å². The lowest BCUT2D eigenvalue weighted by molar-refractivity contribution is 0.0989. The zero-order chi connectivity index (χ0) is 19.3. The Kier molecular flexibility index (Phi) is 5.55. The number of hydrogen-bond donors (Lipinski definition) is 0. The first-order chi connectivity index (χ1) is 13.7. The van der Waals surface area contributed by atoms with Crippen LogP contribution in [0, 0.1) is 0 Å². The fourth-order valence-corrected chi connectivity index (χ4v) is 3.98. The van der Waals surface area contributed by atoms with Gasteiger partial charge in [-0.2, -0.15) is 5.10 Å². The molecule has 2 aromatic carbocycles. The van der Waals surface area contributed by atoms with Crippen LogP contribution in [0.2, 0.25) is 5.02 Å². The maximum absolute atomic E-state index is 13.3. The van der Waals surface area contributed by atoms with Crippen LogP contribution in [0.25, 0.3) is 0 Å². The first-order valence-corrected chi connectivity index (χ1v) is 10.1. The Morgan fingerprint density at radius 3 is 2.43 bits per heavy atom. The molecule has 0 saturated heterocycles. The predicted octanol–water partition coefficient (Wildman–Crippen LogP) is 5.49. The van der Waals surface area contributed by atoms with Crippen LogP contribution >= 0.6 is 22.9 Å². The van der Waals surface area contributed by atoms with E-state index in [1.807, 2.05) is 77.0 Å². The SMILES string of the molecule is O=C(c1cc(Cn2cc(Cl)cn2)cs1)N(Cc1ccccc1)c1ccccc1. The minimum Gasteiger partial charge on any atom is -0.303 e. The number of thiophene rings is 1. The van der Waals surface area contributed by atoms with E-state index in [0.29, 0.717) is 23.0 Å². The van der Waals surface area contributed by atoms with Gasteiger partial charge in [0.25, 0.3) is 5.91 Å². The summed E-state index contributed by atoms with van der Waals surface area (Å²) in [5.41, 5.74) is 2.99. The van der Waals surface area contributed by atoms with E-state index < -0.39 is 0 Å². The van der Waals surface area contributed by atoms with Gasteiger partial charge < -0.3 is 4.90 Å². The third kappa shape index (κ3) is 4.32. The second kappa shape index (κ2) is 8.42. The molecule has 0 radical (unpaired) electrons. The van der Waals surface area contributed by atoms with Gasteiger partial charge in [0.2, 0.25) is 0 Å². The third-order valence-corrected chi connectivity index (χ3v) is 5.47. The number of carbonyl (C=O) groups is 1. The van der Waals surface area contributed by atoms with Crippen LogP contribution in [0.15, 0.2) is 84.5 Å². The molecule has 28 heavy (non-hydrogen) atoms. The van der Waals surface area contributed by atoms with Gasteiger partial charge in [-0.15, -0.1) is 11.3 Å². The molecule has 0 unspecified atom stereocenters. The number of para-hydroxylation sites is 1. The highest BCUT2D eigenvalue weighted by Crippen LogP contribution is 2.24. The molecule has 0 aliphatic rings. The largest absolute Gasteiger partial charge is 0.303 e. The van der Waals surface area contributed by atoms with Gasteiger partial charge in [0.15, 0.2) is 0 Å². The maximum Gasteiger partial charge on any atom is 0.268 e. The van der Waals surface area contributed by atoms with Crippen molar-refractivity contribution in [3.8, 4) is 0 Å². The van der Waals surface area contributed by atoms with Gasteiger partial charge in [-0.05, 0) is 34.7 Å². The predicted molar refractivity (Wildman–Crippen MR) is 114 cm³/mol. The molecule has 4 rings (SSSR count). The summed E-state index contributed by atoms with van der Waals surface area (Å²) in [6.45, 7) is 1.10. The number of hydrogen-bond acceptors (Lipinski definition) is 3. The average molecular weight is 408 g/mol. The molecule has 2 heterocycles. The smallest absolute Gasteiger partial charge is 0.268 e. The number of rotatable bonds is 6. The summed E-state index contributed by atoms with van der Waals surface area (Å²) in [4.78, 5) is 15.8. The molecule has 6 heteroatoms. The van der Waals surface area contributed by atoms with Crippen molar-refractivity contribution in [3.63, 3.8) is 0 Å². The quantitative estimate of drug-likeness (QED) is 0.423. The molecule has 0 N–H and O–H groups in total. The monoisotopic (exact) mass is 407 g/mol.